The van der Waals surface area contributed by atoms with Gasteiger partial charge in [0.25, 0.3) is 5.78 Å². The third kappa shape index (κ3) is 9.93. The summed E-state index contributed by atoms with van der Waals surface area (Å²) in [5.41, 5.74) is 0.292. The fraction of sp³-hybridized carbons (Fsp3) is 0.550. The highest BCUT2D eigenvalue weighted by molar-refractivity contribution is 6.40. The molecule has 0 atom stereocenters. The van der Waals surface area contributed by atoms with Crippen molar-refractivity contribution in [3.05, 3.63) is 35.9 Å². The van der Waals surface area contributed by atoms with Gasteiger partial charge >= 0.3 is 11.9 Å². The van der Waals surface area contributed by atoms with Crippen molar-refractivity contribution in [3.8, 4) is 0 Å². The van der Waals surface area contributed by atoms with E-state index in [0.717, 1.165) is 19.3 Å². The third-order valence-electron chi connectivity index (χ3n) is 3.66. The molecule has 0 bridgehead atoms. The Hall–Kier alpha value is -2.21. The molecule has 1 rings (SSSR count). The first kappa shape index (κ1) is 21.8. The van der Waals surface area contributed by atoms with Crippen molar-refractivity contribution in [1.29, 1.82) is 0 Å². The van der Waals surface area contributed by atoms with Gasteiger partial charge in [-0.25, -0.2) is 4.79 Å². The molecule has 6 nitrogen and oxygen atoms in total. The van der Waals surface area contributed by atoms with E-state index in [-0.39, 0.29) is 32.4 Å². The molecule has 0 spiro atoms. The molecular weight excluding hydrogens is 336 g/mol. The summed E-state index contributed by atoms with van der Waals surface area (Å²) in [5.74, 6) is -1.81. The number of rotatable bonds is 14. The molecule has 0 unspecified atom stereocenters. The molecule has 0 aliphatic heterocycles. The number of hydrogen-bond acceptors (Lipinski definition) is 6. The lowest BCUT2D eigenvalue weighted by Gasteiger charge is -2.07. The number of carbonyl (C=O) groups excluding carboxylic acids is 3. The van der Waals surface area contributed by atoms with Gasteiger partial charge in [0.2, 0.25) is 0 Å². The second-order valence-electron chi connectivity index (χ2n) is 5.83. The van der Waals surface area contributed by atoms with Crippen molar-refractivity contribution in [2.45, 2.75) is 45.4 Å². The molecule has 1 aromatic carbocycles. The Balaban J connectivity index is 1.98. The van der Waals surface area contributed by atoms with E-state index in [9.17, 15) is 14.4 Å². The molecule has 0 aliphatic carbocycles. The number of esters is 2. The Kier molecular flexibility index (Phi) is 11.8. The summed E-state index contributed by atoms with van der Waals surface area (Å²) < 4.78 is 15.1. The highest BCUT2D eigenvalue weighted by Crippen LogP contribution is 2.05. The van der Waals surface area contributed by atoms with Gasteiger partial charge in [0.05, 0.1) is 13.2 Å². The minimum absolute atomic E-state index is 0.0250. The van der Waals surface area contributed by atoms with Crippen LogP contribution in [0.25, 0.3) is 0 Å². The van der Waals surface area contributed by atoms with E-state index in [1.54, 1.807) is 30.3 Å². The fourth-order valence-electron chi connectivity index (χ4n) is 2.23. The van der Waals surface area contributed by atoms with Crippen LogP contribution >= 0.6 is 0 Å². The van der Waals surface area contributed by atoms with Gasteiger partial charge in [0, 0.05) is 12.0 Å². The predicted octanol–water partition coefficient (Wildman–Crippen LogP) is 3.33. The molecule has 6 heteroatoms. The van der Waals surface area contributed by atoms with Gasteiger partial charge in [-0.15, -0.1) is 0 Å². The zero-order chi connectivity index (χ0) is 19.0. The average molecular weight is 364 g/mol. The number of ketones is 1. The number of hydrogen-bond donors (Lipinski definition) is 0. The highest BCUT2D eigenvalue weighted by atomic mass is 16.6. The lowest BCUT2D eigenvalue weighted by atomic mass is 10.1. The summed E-state index contributed by atoms with van der Waals surface area (Å²) in [7, 11) is 0. The van der Waals surface area contributed by atoms with Crippen LogP contribution in [0, 0.1) is 0 Å². The molecule has 0 fully saturated rings. The highest BCUT2D eigenvalue weighted by Gasteiger charge is 2.17. The Morgan fingerprint density at radius 3 is 2.15 bits per heavy atom. The minimum atomic E-state index is -0.908. The second-order valence-corrected chi connectivity index (χ2v) is 5.83. The Bertz CT molecular complexity index is 540. The molecule has 0 heterocycles. The van der Waals surface area contributed by atoms with Gasteiger partial charge in [-0.2, -0.15) is 0 Å². The predicted molar refractivity (Wildman–Crippen MR) is 96.9 cm³/mol. The number of ether oxygens (including phenoxy) is 3. The summed E-state index contributed by atoms with van der Waals surface area (Å²) in [5, 5.41) is 0. The lowest BCUT2D eigenvalue weighted by molar-refractivity contribution is -0.145. The van der Waals surface area contributed by atoms with Gasteiger partial charge in [-0.3, -0.25) is 9.59 Å². The first-order valence-corrected chi connectivity index (χ1v) is 9.15. The molecule has 0 radical (unpaired) electrons. The zero-order valence-electron chi connectivity index (χ0n) is 15.4. The summed E-state index contributed by atoms with van der Waals surface area (Å²) in [6.45, 7) is 2.66. The van der Waals surface area contributed by atoms with E-state index in [1.807, 2.05) is 0 Å². The minimum Gasteiger partial charge on any atom is -0.463 e. The van der Waals surface area contributed by atoms with Crippen LogP contribution in [-0.4, -0.2) is 44.1 Å². The van der Waals surface area contributed by atoms with E-state index in [2.05, 4.69) is 6.92 Å². The van der Waals surface area contributed by atoms with Crippen LogP contribution < -0.4 is 0 Å². The van der Waals surface area contributed by atoms with Crippen LogP contribution in [-0.2, 0) is 23.8 Å². The van der Waals surface area contributed by atoms with Crippen molar-refractivity contribution in [3.63, 3.8) is 0 Å². The van der Waals surface area contributed by atoms with E-state index < -0.39 is 11.8 Å². The van der Waals surface area contributed by atoms with Crippen LogP contribution in [0.3, 0.4) is 0 Å². The quantitative estimate of drug-likeness (QED) is 0.218. The van der Waals surface area contributed by atoms with E-state index in [1.165, 1.54) is 12.8 Å². The van der Waals surface area contributed by atoms with Gasteiger partial charge in [0.15, 0.2) is 0 Å². The number of unbranched alkanes of at least 4 members (excludes halogenated alkanes) is 4. The fourth-order valence-corrected chi connectivity index (χ4v) is 2.23. The normalized spacial score (nSPS) is 10.3. The molecule has 0 saturated carbocycles. The molecule has 0 N–H and O–H groups in total. The van der Waals surface area contributed by atoms with Crippen molar-refractivity contribution in [2.24, 2.45) is 0 Å². The number of benzene rings is 1. The van der Waals surface area contributed by atoms with Gasteiger partial charge < -0.3 is 14.2 Å². The van der Waals surface area contributed by atoms with E-state index in [4.69, 9.17) is 14.2 Å². The second kappa shape index (κ2) is 14.0. The van der Waals surface area contributed by atoms with E-state index >= 15 is 0 Å². The number of carbonyl (C=O) groups is 3. The van der Waals surface area contributed by atoms with Crippen molar-refractivity contribution >= 4 is 17.7 Å². The monoisotopic (exact) mass is 364 g/mol. The molecule has 0 aliphatic rings. The van der Waals surface area contributed by atoms with Crippen LogP contribution in [0.4, 0.5) is 0 Å². The lowest BCUT2D eigenvalue weighted by Crippen LogP contribution is -2.20. The summed E-state index contributed by atoms with van der Waals surface area (Å²) >= 11 is 0. The van der Waals surface area contributed by atoms with Crippen LogP contribution in [0.1, 0.15) is 55.8 Å². The van der Waals surface area contributed by atoms with Crippen molar-refractivity contribution in [2.75, 3.05) is 26.4 Å². The maximum atomic E-state index is 11.8. The maximum absolute atomic E-state index is 11.8. The molecule has 0 aromatic heterocycles. The summed E-state index contributed by atoms with van der Waals surface area (Å²) in [6, 6.07) is 8.22. The Morgan fingerprint density at radius 2 is 1.46 bits per heavy atom. The topological polar surface area (TPSA) is 78.9 Å². The smallest absolute Gasteiger partial charge is 0.379 e. The van der Waals surface area contributed by atoms with Gasteiger partial charge in [0.1, 0.15) is 13.2 Å². The third-order valence-corrected chi connectivity index (χ3v) is 3.66. The Morgan fingerprint density at radius 1 is 0.808 bits per heavy atom. The standard InChI is InChI=1S/C20H28O6/c1-2-3-4-5-9-12-18(21)25-15-13-24-14-16-26-20(23)19(22)17-10-7-6-8-11-17/h6-8,10-11H,2-5,9,12-16H2,1H3. The molecule has 26 heavy (non-hydrogen) atoms. The first-order valence-electron chi connectivity index (χ1n) is 9.15. The molecule has 0 amide bonds. The maximum Gasteiger partial charge on any atom is 0.379 e. The SMILES string of the molecule is CCCCCCCC(=O)OCCOCCOC(=O)C(=O)c1ccccc1. The van der Waals surface area contributed by atoms with Crippen LogP contribution in [0.2, 0.25) is 0 Å². The number of Topliss-reactive ketones (excluding diaryl/α,β-unsaturated/α-hetero) is 1. The van der Waals surface area contributed by atoms with E-state index in [0.29, 0.717) is 12.0 Å². The molecule has 0 saturated heterocycles. The first-order chi connectivity index (χ1) is 12.6. The van der Waals surface area contributed by atoms with Gasteiger partial charge in [-0.1, -0.05) is 62.9 Å². The van der Waals surface area contributed by atoms with Crippen molar-refractivity contribution < 1.29 is 28.6 Å². The van der Waals surface area contributed by atoms with Crippen LogP contribution in [0.15, 0.2) is 30.3 Å². The van der Waals surface area contributed by atoms with Crippen molar-refractivity contribution in [1.82, 2.24) is 0 Å². The average Bonchev–Trinajstić information content (AvgIpc) is 2.67. The summed E-state index contributed by atoms with van der Waals surface area (Å²) in [6.07, 6.45) is 5.86. The summed E-state index contributed by atoms with van der Waals surface area (Å²) in [4.78, 5) is 34.8. The van der Waals surface area contributed by atoms with Gasteiger partial charge in [-0.05, 0) is 6.42 Å². The molecular formula is C20H28O6. The van der Waals surface area contributed by atoms with Crippen LogP contribution in [0.5, 0.6) is 0 Å². The Labute approximate surface area is 154 Å². The largest absolute Gasteiger partial charge is 0.463 e. The molecule has 1 aromatic rings. The molecule has 144 valence electrons. The zero-order valence-corrected chi connectivity index (χ0v) is 15.4.